The van der Waals surface area contributed by atoms with Crippen molar-refractivity contribution in [2.24, 2.45) is 5.92 Å². The summed E-state index contributed by atoms with van der Waals surface area (Å²) in [6, 6.07) is 24.5. The molecule has 2 amide bonds. The smallest absolute Gasteiger partial charge is 0.335 e. The van der Waals surface area contributed by atoms with Gasteiger partial charge in [0.1, 0.15) is 0 Å². The molecule has 2 N–H and O–H groups in total. The fourth-order valence-corrected chi connectivity index (χ4v) is 5.71. The molecule has 0 spiro atoms. The van der Waals surface area contributed by atoms with Gasteiger partial charge < -0.3 is 15.3 Å². The zero-order valence-electron chi connectivity index (χ0n) is 21.9. The van der Waals surface area contributed by atoms with Gasteiger partial charge in [0.05, 0.1) is 11.1 Å². The van der Waals surface area contributed by atoms with Gasteiger partial charge in [-0.2, -0.15) is 0 Å². The minimum absolute atomic E-state index is 0.0279. The zero-order valence-corrected chi connectivity index (χ0v) is 21.9. The van der Waals surface area contributed by atoms with Crippen LogP contribution in [0.25, 0.3) is 11.1 Å². The Morgan fingerprint density at radius 3 is 2.52 bits per heavy atom. The van der Waals surface area contributed by atoms with E-state index >= 15 is 0 Å². The molecule has 1 aromatic heterocycles. The maximum Gasteiger partial charge on any atom is 0.335 e. The number of fused-ring (bicyclic) bond motifs is 1. The van der Waals surface area contributed by atoms with Gasteiger partial charge in [0, 0.05) is 37.9 Å². The van der Waals surface area contributed by atoms with Crippen LogP contribution in [0, 0.1) is 5.92 Å². The topological polar surface area (TPSA) is 99.6 Å². The van der Waals surface area contributed by atoms with Crippen LogP contribution < -0.4 is 5.32 Å². The molecule has 0 bridgehead atoms. The Labute approximate surface area is 232 Å². The third kappa shape index (κ3) is 5.10. The van der Waals surface area contributed by atoms with Gasteiger partial charge in [-0.25, -0.2) is 4.79 Å². The van der Waals surface area contributed by atoms with Gasteiger partial charge in [0.2, 0.25) is 5.91 Å². The summed E-state index contributed by atoms with van der Waals surface area (Å²) >= 11 is 0. The summed E-state index contributed by atoms with van der Waals surface area (Å²) in [5.74, 6) is -0.792. The standard InChI is InChI=1S/C33H29N3O4/c37-31(29-17-28(29)21-6-2-1-3-7-21)35-19-24-11-12-26(22-8-4-9-23(16-22)33(39)40)27-13-15-36(20-30(24)27)32(38)25-10-5-14-34-18-25/h1-12,14,16,18,28-29H,13,15,17,19-20H2,(H,35,37)(H,39,40)/t28-,29+/m0/s1. The maximum absolute atomic E-state index is 13.3. The predicted octanol–water partition coefficient (Wildman–Crippen LogP) is 5.07. The number of hydrogen-bond acceptors (Lipinski definition) is 4. The zero-order chi connectivity index (χ0) is 27.6. The summed E-state index contributed by atoms with van der Waals surface area (Å²) in [6.45, 7) is 1.29. The number of aromatic nitrogens is 1. The lowest BCUT2D eigenvalue weighted by molar-refractivity contribution is -0.122. The van der Waals surface area contributed by atoms with E-state index in [2.05, 4.69) is 22.4 Å². The van der Waals surface area contributed by atoms with Crippen molar-refractivity contribution in [2.45, 2.75) is 31.8 Å². The summed E-state index contributed by atoms with van der Waals surface area (Å²) in [5.41, 5.74) is 6.77. The van der Waals surface area contributed by atoms with E-state index < -0.39 is 5.97 Å². The van der Waals surface area contributed by atoms with Gasteiger partial charge >= 0.3 is 5.97 Å². The third-order valence-corrected chi connectivity index (χ3v) is 7.93. The molecule has 2 aliphatic rings. The highest BCUT2D eigenvalue weighted by Crippen LogP contribution is 2.47. The number of nitrogens with zero attached hydrogens (tertiary/aromatic N) is 2. The quantitative estimate of drug-likeness (QED) is 0.347. The molecule has 1 aliphatic carbocycles. The molecule has 2 heterocycles. The highest BCUT2D eigenvalue weighted by molar-refractivity contribution is 5.94. The fraction of sp³-hybridized carbons (Fsp3) is 0.212. The Kier molecular flexibility index (Phi) is 6.86. The van der Waals surface area contributed by atoms with Gasteiger partial charge in [-0.3, -0.25) is 14.6 Å². The third-order valence-electron chi connectivity index (χ3n) is 7.93. The van der Waals surface area contributed by atoms with E-state index in [1.54, 1.807) is 42.7 Å². The molecule has 0 unspecified atom stereocenters. The van der Waals surface area contributed by atoms with Gasteiger partial charge in [-0.15, -0.1) is 0 Å². The lowest BCUT2D eigenvalue weighted by Crippen LogP contribution is -2.37. The molecule has 4 aromatic rings. The molecule has 200 valence electrons. The summed E-state index contributed by atoms with van der Waals surface area (Å²) in [7, 11) is 0. The van der Waals surface area contributed by atoms with E-state index in [-0.39, 0.29) is 29.2 Å². The van der Waals surface area contributed by atoms with Crippen LogP contribution in [0.1, 0.15) is 55.3 Å². The molecule has 3 aromatic carbocycles. The number of aromatic carboxylic acids is 1. The van der Waals surface area contributed by atoms with Crippen LogP contribution in [0.5, 0.6) is 0 Å². The summed E-state index contributed by atoms with van der Waals surface area (Å²) in [5, 5.41) is 12.7. The van der Waals surface area contributed by atoms with Crippen molar-refractivity contribution in [1.82, 2.24) is 15.2 Å². The van der Waals surface area contributed by atoms with Gasteiger partial charge in [0.25, 0.3) is 5.91 Å². The van der Waals surface area contributed by atoms with Crippen molar-refractivity contribution in [2.75, 3.05) is 6.54 Å². The molecule has 6 rings (SSSR count). The second-order valence-corrected chi connectivity index (χ2v) is 10.4. The number of nitrogens with one attached hydrogen (secondary N) is 1. The van der Waals surface area contributed by atoms with E-state index in [1.807, 2.05) is 41.3 Å². The van der Waals surface area contributed by atoms with Crippen LogP contribution in [0.4, 0.5) is 0 Å². The van der Waals surface area contributed by atoms with E-state index in [0.29, 0.717) is 31.6 Å². The van der Waals surface area contributed by atoms with Crippen LogP contribution in [-0.4, -0.2) is 39.3 Å². The average molecular weight is 532 g/mol. The molecule has 0 radical (unpaired) electrons. The van der Waals surface area contributed by atoms with Crippen molar-refractivity contribution in [3.05, 3.63) is 125 Å². The number of rotatable bonds is 7. The second kappa shape index (κ2) is 10.8. The Morgan fingerprint density at radius 2 is 1.75 bits per heavy atom. The van der Waals surface area contributed by atoms with Crippen molar-refractivity contribution in [3.8, 4) is 11.1 Å². The maximum atomic E-state index is 13.3. The minimum atomic E-state index is -0.975. The minimum Gasteiger partial charge on any atom is -0.478 e. The second-order valence-electron chi connectivity index (χ2n) is 10.4. The highest BCUT2D eigenvalue weighted by atomic mass is 16.4. The normalized spacial score (nSPS) is 17.6. The molecule has 0 saturated heterocycles. The van der Waals surface area contributed by atoms with Crippen LogP contribution in [-0.2, 0) is 24.3 Å². The molecular weight excluding hydrogens is 502 g/mol. The SMILES string of the molecule is O=C(O)c1cccc(-c2ccc(CNC(=O)[C@@H]3C[C@H]3c3ccccc3)c3c2CCN(C(=O)c2cccnc2)C3)c1. The molecule has 1 aliphatic heterocycles. The van der Waals surface area contributed by atoms with E-state index in [1.165, 1.54) is 5.56 Å². The lowest BCUT2D eigenvalue weighted by atomic mass is 9.87. The first-order valence-electron chi connectivity index (χ1n) is 13.5. The Hall–Kier alpha value is -4.78. The molecular formula is C33H29N3O4. The number of pyridine rings is 1. The molecule has 40 heavy (non-hydrogen) atoms. The van der Waals surface area contributed by atoms with Crippen molar-refractivity contribution in [3.63, 3.8) is 0 Å². The lowest BCUT2D eigenvalue weighted by Gasteiger charge is -2.32. The van der Waals surface area contributed by atoms with Crippen LogP contribution >= 0.6 is 0 Å². The fourth-order valence-electron chi connectivity index (χ4n) is 5.71. The van der Waals surface area contributed by atoms with E-state index in [4.69, 9.17) is 0 Å². The van der Waals surface area contributed by atoms with Gasteiger partial charge in [-0.05, 0) is 76.4 Å². The number of carboxylic acids is 1. The van der Waals surface area contributed by atoms with Crippen LogP contribution in [0.15, 0.2) is 91.3 Å². The van der Waals surface area contributed by atoms with Crippen molar-refractivity contribution >= 4 is 17.8 Å². The number of hydrogen-bond donors (Lipinski definition) is 2. The summed E-state index contributed by atoms with van der Waals surface area (Å²) < 4.78 is 0. The molecule has 7 nitrogen and oxygen atoms in total. The first-order chi connectivity index (χ1) is 19.5. The molecule has 2 atom stereocenters. The Bertz CT molecular complexity index is 1590. The van der Waals surface area contributed by atoms with Crippen LogP contribution in [0.3, 0.4) is 0 Å². The first-order valence-corrected chi connectivity index (χ1v) is 13.5. The Morgan fingerprint density at radius 1 is 0.925 bits per heavy atom. The molecule has 1 saturated carbocycles. The number of carbonyl (C=O) groups is 3. The molecule has 7 heteroatoms. The number of carbonyl (C=O) groups excluding carboxylic acids is 2. The summed E-state index contributed by atoms with van der Waals surface area (Å²) in [4.78, 5) is 43.8. The molecule has 1 fully saturated rings. The predicted molar refractivity (Wildman–Crippen MR) is 151 cm³/mol. The number of carboxylic acid groups (broad SMARTS) is 1. The van der Waals surface area contributed by atoms with Crippen molar-refractivity contribution < 1.29 is 19.5 Å². The number of amides is 2. The van der Waals surface area contributed by atoms with E-state index in [9.17, 15) is 19.5 Å². The Balaban J connectivity index is 1.28. The largest absolute Gasteiger partial charge is 0.478 e. The highest BCUT2D eigenvalue weighted by Gasteiger charge is 2.43. The van der Waals surface area contributed by atoms with Gasteiger partial charge in [0.15, 0.2) is 0 Å². The summed E-state index contributed by atoms with van der Waals surface area (Å²) in [6.07, 6.45) is 4.68. The average Bonchev–Trinajstić information content (AvgIpc) is 3.81. The monoisotopic (exact) mass is 531 g/mol. The van der Waals surface area contributed by atoms with Crippen molar-refractivity contribution in [1.29, 1.82) is 0 Å². The van der Waals surface area contributed by atoms with Gasteiger partial charge in [-0.1, -0.05) is 54.6 Å². The first kappa shape index (κ1) is 25.5. The van der Waals surface area contributed by atoms with E-state index in [0.717, 1.165) is 34.2 Å². The van der Waals surface area contributed by atoms with Crippen LogP contribution in [0.2, 0.25) is 0 Å². The number of benzene rings is 3.